The maximum atomic E-state index is 11.8. The van der Waals surface area contributed by atoms with Crippen molar-refractivity contribution in [1.29, 1.82) is 0 Å². The van der Waals surface area contributed by atoms with E-state index in [9.17, 15) is 9.59 Å². The molecule has 8 heteroatoms. The Bertz CT molecular complexity index is 561. The molecule has 1 aromatic rings. The summed E-state index contributed by atoms with van der Waals surface area (Å²) in [6.45, 7) is 7.02. The number of rotatable bonds is 5. The average Bonchev–Trinajstić information content (AvgIpc) is 2.52. The van der Waals surface area contributed by atoms with Gasteiger partial charge in [0.2, 0.25) is 11.8 Å². The molecule has 1 aliphatic rings. The van der Waals surface area contributed by atoms with E-state index in [1.54, 1.807) is 6.92 Å². The van der Waals surface area contributed by atoms with Crippen LogP contribution < -0.4 is 16.0 Å². The van der Waals surface area contributed by atoms with Gasteiger partial charge >= 0.3 is 0 Å². The molecule has 0 aromatic heterocycles. The van der Waals surface area contributed by atoms with E-state index in [1.165, 1.54) is 0 Å². The van der Waals surface area contributed by atoms with Crippen molar-refractivity contribution in [1.82, 2.24) is 10.2 Å². The van der Waals surface area contributed by atoms with Gasteiger partial charge in [0.25, 0.3) is 0 Å². The average molecular weight is 391 g/mol. The zero-order valence-corrected chi connectivity index (χ0v) is 16.4. The molecular weight excluding hydrogens is 363 g/mol. The number of halogens is 2. The number of nitrogens with two attached hydrogens (primary N) is 1. The maximum Gasteiger partial charge on any atom is 0.221 e. The molecule has 6 nitrogen and oxygen atoms in total. The molecule has 1 heterocycles. The van der Waals surface area contributed by atoms with Crippen LogP contribution in [0.3, 0.4) is 0 Å². The van der Waals surface area contributed by atoms with Gasteiger partial charge in [-0.2, -0.15) is 0 Å². The second-order valence-corrected chi connectivity index (χ2v) is 6.08. The normalized spacial score (nSPS) is 14.8. The first-order valence-corrected chi connectivity index (χ1v) is 8.08. The van der Waals surface area contributed by atoms with Crippen LogP contribution in [0.2, 0.25) is 0 Å². The van der Waals surface area contributed by atoms with E-state index in [2.05, 4.69) is 16.3 Å². The van der Waals surface area contributed by atoms with Crippen molar-refractivity contribution in [3.05, 3.63) is 29.8 Å². The Labute approximate surface area is 161 Å². The zero-order valence-electron chi connectivity index (χ0n) is 14.7. The summed E-state index contributed by atoms with van der Waals surface area (Å²) in [5.74, 6) is 0.0947. The number of piperazine rings is 1. The van der Waals surface area contributed by atoms with Crippen molar-refractivity contribution in [2.24, 2.45) is 5.73 Å². The second kappa shape index (κ2) is 11.2. The lowest BCUT2D eigenvalue weighted by atomic mass is 10.1. The third kappa shape index (κ3) is 7.10. The summed E-state index contributed by atoms with van der Waals surface area (Å²) in [5.41, 5.74) is 7.85. The maximum absolute atomic E-state index is 11.8. The Kier molecular flexibility index (Phi) is 10.5. The van der Waals surface area contributed by atoms with Gasteiger partial charge in [-0.15, -0.1) is 24.8 Å². The first-order valence-electron chi connectivity index (χ1n) is 8.08. The number of carbonyl (C=O) groups is 2. The van der Waals surface area contributed by atoms with Crippen molar-refractivity contribution in [2.75, 3.05) is 31.1 Å². The molecule has 0 bridgehead atoms. The number of para-hydroxylation sites is 1. The fourth-order valence-electron chi connectivity index (χ4n) is 2.79. The molecule has 25 heavy (non-hydrogen) atoms. The lowest BCUT2D eigenvalue weighted by Gasteiger charge is -2.36. The second-order valence-electron chi connectivity index (χ2n) is 6.08. The largest absolute Gasteiger partial charge is 0.368 e. The topological polar surface area (TPSA) is 78.7 Å². The Morgan fingerprint density at radius 1 is 1.16 bits per heavy atom. The van der Waals surface area contributed by atoms with E-state index >= 15 is 0 Å². The minimum absolute atomic E-state index is 0. The predicted molar refractivity (Wildman–Crippen MR) is 106 cm³/mol. The molecule has 0 spiro atoms. The van der Waals surface area contributed by atoms with Gasteiger partial charge in [-0.25, -0.2) is 0 Å². The van der Waals surface area contributed by atoms with Crippen LogP contribution in [0.5, 0.6) is 0 Å². The summed E-state index contributed by atoms with van der Waals surface area (Å²) in [7, 11) is 0. The fourth-order valence-corrected chi connectivity index (χ4v) is 2.79. The van der Waals surface area contributed by atoms with Gasteiger partial charge in [0.05, 0.1) is 0 Å². The number of anilines is 1. The smallest absolute Gasteiger partial charge is 0.221 e. The van der Waals surface area contributed by atoms with E-state index < -0.39 is 0 Å². The van der Waals surface area contributed by atoms with E-state index in [0.717, 1.165) is 37.4 Å². The quantitative estimate of drug-likeness (QED) is 0.799. The van der Waals surface area contributed by atoms with Crippen LogP contribution in [0.25, 0.3) is 0 Å². The fraction of sp³-hybridized carbons (Fsp3) is 0.529. The van der Waals surface area contributed by atoms with Gasteiger partial charge in [-0.3, -0.25) is 9.59 Å². The highest BCUT2D eigenvalue weighted by atomic mass is 35.5. The van der Waals surface area contributed by atoms with Crippen LogP contribution in [-0.4, -0.2) is 48.9 Å². The number of hydrogen-bond acceptors (Lipinski definition) is 4. The summed E-state index contributed by atoms with van der Waals surface area (Å²) in [6, 6.07) is 7.93. The van der Waals surface area contributed by atoms with Gasteiger partial charge in [-0.1, -0.05) is 18.2 Å². The van der Waals surface area contributed by atoms with E-state index in [1.807, 2.05) is 30.0 Å². The van der Waals surface area contributed by atoms with E-state index in [0.29, 0.717) is 13.0 Å². The highest BCUT2D eigenvalue weighted by Crippen LogP contribution is 2.22. The molecule has 142 valence electrons. The first-order chi connectivity index (χ1) is 11.0. The molecule has 2 rings (SSSR count). The number of carbonyl (C=O) groups excluding carboxylic acids is 2. The molecule has 1 atom stereocenters. The predicted octanol–water partition coefficient (Wildman–Crippen LogP) is 1.55. The first kappa shape index (κ1) is 23.5. The summed E-state index contributed by atoms with van der Waals surface area (Å²) < 4.78 is 0. The molecule has 1 fully saturated rings. The molecule has 3 N–H and O–H groups in total. The molecule has 0 aliphatic carbocycles. The monoisotopic (exact) mass is 390 g/mol. The minimum Gasteiger partial charge on any atom is -0.368 e. The SMILES string of the molecule is CC(=O)N1CCN(c2ccccc2CNC(=O)CC(C)N)CC1.Cl.Cl. The third-order valence-corrected chi connectivity index (χ3v) is 4.04. The van der Waals surface area contributed by atoms with Crippen LogP contribution in [0.4, 0.5) is 5.69 Å². The molecular formula is C17H28Cl2N4O2. The van der Waals surface area contributed by atoms with E-state index in [-0.39, 0.29) is 42.7 Å². The number of nitrogens with zero attached hydrogens (tertiary/aromatic N) is 2. The molecule has 2 amide bonds. The molecule has 1 aromatic carbocycles. The van der Waals surface area contributed by atoms with Crippen LogP contribution in [-0.2, 0) is 16.1 Å². The Balaban J connectivity index is 0.00000288. The molecule has 0 saturated carbocycles. The lowest BCUT2D eigenvalue weighted by Crippen LogP contribution is -2.48. The lowest BCUT2D eigenvalue weighted by molar-refractivity contribution is -0.129. The number of hydrogen-bond donors (Lipinski definition) is 2. The summed E-state index contributed by atoms with van der Waals surface area (Å²) in [6.07, 6.45) is 0.333. The van der Waals surface area contributed by atoms with Crippen molar-refractivity contribution < 1.29 is 9.59 Å². The van der Waals surface area contributed by atoms with Gasteiger partial charge in [0.1, 0.15) is 0 Å². The molecule has 1 saturated heterocycles. The van der Waals surface area contributed by atoms with Crippen LogP contribution >= 0.6 is 24.8 Å². The Morgan fingerprint density at radius 3 is 2.32 bits per heavy atom. The van der Waals surface area contributed by atoms with Gasteiger partial charge in [0, 0.05) is 57.8 Å². The van der Waals surface area contributed by atoms with Crippen molar-refractivity contribution >= 4 is 42.3 Å². The van der Waals surface area contributed by atoms with E-state index in [4.69, 9.17) is 5.73 Å². The summed E-state index contributed by atoms with van der Waals surface area (Å²) in [4.78, 5) is 27.3. The summed E-state index contributed by atoms with van der Waals surface area (Å²) in [5, 5.41) is 2.93. The Morgan fingerprint density at radius 2 is 1.76 bits per heavy atom. The number of benzene rings is 1. The molecule has 1 unspecified atom stereocenters. The van der Waals surface area contributed by atoms with Crippen LogP contribution in [0, 0.1) is 0 Å². The minimum atomic E-state index is -0.134. The van der Waals surface area contributed by atoms with Gasteiger partial charge < -0.3 is 20.9 Å². The van der Waals surface area contributed by atoms with Gasteiger partial charge in [-0.05, 0) is 18.6 Å². The Hall–Kier alpha value is -1.50. The number of amides is 2. The third-order valence-electron chi connectivity index (χ3n) is 4.04. The van der Waals surface area contributed by atoms with Crippen molar-refractivity contribution in [3.8, 4) is 0 Å². The van der Waals surface area contributed by atoms with Crippen molar-refractivity contribution in [3.63, 3.8) is 0 Å². The van der Waals surface area contributed by atoms with Crippen LogP contribution in [0.1, 0.15) is 25.8 Å². The van der Waals surface area contributed by atoms with Gasteiger partial charge in [0.15, 0.2) is 0 Å². The highest BCUT2D eigenvalue weighted by Gasteiger charge is 2.20. The molecule has 1 aliphatic heterocycles. The summed E-state index contributed by atoms with van der Waals surface area (Å²) >= 11 is 0. The standard InChI is InChI=1S/C17H26N4O2.2ClH/c1-13(18)11-17(23)19-12-15-5-3-4-6-16(15)21-9-7-20(8-10-21)14(2)22;;/h3-6,13H,7-12,18H2,1-2H3,(H,19,23);2*1H. The highest BCUT2D eigenvalue weighted by molar-refractivity contribution is 5.85. The van der Waals surface area contributed by atoms with Crippen LogP contribution in [0.15, 0.2) is 24.3 Å². The molecule has 0 radical (unpaired) electrons. The zero-order chi connectivity index (χ0) is 16.8. The van der Waals surface area contributed by atoms with Crippen molar-refractivity contribution in [2.45, 2.75) is 32.9 Å². The number of nitrogens with one attached hydrogen (secondary N) is 1.